The van der Waals surface area contributed by atoms with Crippen LogP contribution in [0.2, 0.25) is 0 Å². The first-order chi connectivity index (χ1) is 8.34. The number of rotatable bonds is 3. The Hall–Kier alpha value is -0.900. The maximum Gasteiger partial charge on any atom is 0.138 e. The Morgan fingerprint density at radius 2 is 2.17 bits per heavy atom. The molecule has 0 spiro atoms. The summed E-state index contributed by atoms with van der Waals surface area (Å²) in [6.07, 6.45) is 5.91. The second kappa shape index (κ2) is 4.65. The van der Waals surface area contributed by atoms with E-state index in [1.54, 1.807) is 6.33 Å². The first-order valence-electron chi connectivity index (χ1n) is 6.99. The van der Waals surface area contributed by atoms with Crippen molar-refractivity contribution in [3.05, 3.63) is 12.2 Å². The average Bonchev–Trinajstić information content (AvgIpc) is 2.59. The zero-order valence-corrected chi connectivity index (χ0v) is 12.1. The van der Waals surface area contributed by atoms with Crippen molar-refractivity contribution in [2.24, 2.45) is 17.1 Å². The van der Waals surface area contributed by atoms with E-state index in [4.69, 9.17) is 5.73 Å². The van der Waals surface area contributed by atoms with Gasteiger partial charge in [0.1, 0.15) is 12.2 Å². The number of nitrogens with zero attached hydrogens (tertiary/aromatic N) is 3. The molecule has 1 aliphatic rings. The molecule has 1 saturated carbocycles. The van der Waals surface area contributed by atoms with Crippen molar-refractivity contribution in [2.75, 3.05) is 0 Å². The van der Waals surface area contributed by atoms with E-state index in [0.29, 0.717) is 11.3 Å². The molecule has 2 atom stereocenters. The van der Waals surface area contributed by atoms with Gasteiger partial charge in [-0.3, -0.25) is 4.68 Å². The van der Waals surface area contributed by atoms with Crippen LogP contribution in [0.1, 0.15) is 52.8 Å². The highest BCUT2D eigenvalue weighted by Crippen LogP contribution is 2.43. The van der Waals surface area contributed by atoms with Gasteiger partial charge in [0, 0.05) is 18.5 Å². The molecule has 2 unspecified atom stereocenters. The highest BCUT2D eigenvalue weighted by atomic mass is 15.3. The Labute approximate surface area is 110 Å². The maximum atomic E-state index is 6.66. The summed E-state index contributed by atoms with van der Waals surface area (Å²) in [7, 11) is 0. The van der Waals surface area contributed by atoms with E-state index in [0.717, 1.165) is 31.6 Å². The van der Waals surface area contributed by atoms with Gasteiger partial charge in [-0.25, -0.2) is 4.98 Å². The van der Waals surface area contributed by atoms with Crippen LogP contribution in [-0.2, 0) is 13.0 Å². The smallest absolute Gasteiger partial charge is 0.138 e. The lowest BCUT2D eigenvalue weighted by Gasteiger charge is -2.45. The van der Waals surface area contributed by atoms with E-state index in [1.165, 1.54) is 6.42 Å². The lowest BCUT2D eigenvalue weighted by Crippen LogP contribution is -2.51. The number of aromatic nitrogens is 3. The molecule has 4 heteroatoms. The molecule has 1 heterocycles. The second-order valence-corrected chi connectivity index (χ2v) is 6.89. The Balaban J connectivity index is 2.16. The quantitative estimate of drug-likeness (QED) is 0.896. The summed E-state index contributed by atoms with van der Waals surface area (Å²) < 4.78 is 1.96. The molecule has 18 heavy (non-hydrogen) atoms. The van der Waals surface area contributed by atoms with E-state index >= 15 is 0 Å². The van der Waals surface area contributed by atoms with Gasteiger partial charge in [-0.1, -0.05) is 20.8 Å². The van der Waals surface area contributed by atoms with Crippen LogP contribution in [0.15, 0.2) is 6.33 Å². The highest BCUT2D eigenvalue weighted by Gasteiger charge is 2.40. The van der Waals surface area contributed by atoms with Crippen LogP contribution in [0, 0.1) is 11.3 Å². The summed E-state index contributed by atoms with van der Waals surface area (Å²) in [5.74, 6) is 1.72. The van der Waals surface area contributed by atoms with Crippen LogP contribution >= 0.6 is 0 Å². The standard InChI is InChI=1S/C14H26N4/c1-5-18-12(16-10-17-18)8-14(15)7-11(2)6-13(3,4)9-14/h10-11H,5-9,15H2,1-4H3. The Kier molecular flexibility index (Phi) is 3.49. The lowest BCUT2D eigenvalue weighted by atomic mass is 9.63. The molecular weight excluding hydrogens is 224 g/mol. The first-order valence-corrected chi connectivity index (χ1v) is 6.99. The van der Waals surface area contributed by atoms with Gasteiger partial charge in [0.2, 0.25) is 0 Å². The van der Waals surface area contributed by atoms with Crippen molar-refractivity contribution >= 4 is 0 Å². The zero-order chi connectivity index (χ0) is 13.4. The van der Waals surface area contributed by atoms with Crippen molar-refractivity contribution in [2.45, 2.75) is 65.5 Å². The molecule has 2 rings (SSSR count). The Bertz CT molecular complexity index is 410. The van der Waals surface area contributed by atoms with Gasteiger partial charge in [0.05, 0.1) is 0 Å². The minimum Gasteiger partial charge on any atom is -0.325 e. The maximum absolute atomic E-state index is 6.66. The van der Waals surface area contributed by atoms with Gasteiger partial charge < -0.3 is 5.73 Å². The molecule has 0 aromatic carbocycles. The molecule has 102 valence electrons. The summed E-state index contributed by atoms with van der Waals surface area (Å²) in [4.78, 5) is 4.37. The van der Waals surface area contributed by atoms with Gasteiger partial charge >= 0.3 is 0 Å². The molecule has 1 aromatic heterocycles. The van der Waals surface area contributed by atoms with E-state index in [9.17, 15) is 0 Å². The van der Waals surface area contributed by atoms with Crippen molar-refractivity contribution in [1.82, 2.24) is 14.8 Å². The summed E-state index contributed by atoms with van der Waals surface area (Å²) >= 11 is 0. The SMILES string of the molecule is CCn1ncnc1CC1(N)CC(C)CC(C)(C)C1. The average molecular weight is 250 g/mol. The predicted molar refractivity (Wildman–Crippen MR) is 73.1 cm³/mol. The molecule has 2 N–H and O–H groups in total. The van der Waals surface area contributed by atoms with E-state index < -0.39 is 0 Å². The van der Waals surface area contributed by atoms with Crippen molar-refractivity contribution in [3.63, 3.8) is 0 Å². The Morgan fingerprint density at radius 3 is 2.78 bits per heavy atom. The summed E-state index contributed by atoms with van der Waals surface area (Å²) in [5, 5.41) is 4.24. The summed E-state index contributed by atoms with van der Waals surface area (Å²) in [6, 6.07) is 0. The molecule has 1 aliphatic carbocycles. The van der Waals surface area contributed by atoms with Gasteiger partial charge in [-0.2, -0.15) is 5.10 Å². The molecule has 0 saturated heterocycles. The first kappa shape index (κ1) is 13.5. The van der Waals surface area contributed by atoms with E-state index in [-0.39, 0.29) is 5.54 Å². The monoisotopic (exact) mass is 250 g/mol. The van der Waals surface area contributed by atoms with E-state index in [1.807, 2.05) is 4.68 Å². The molecule has 0 aliphatic heterocycles. The van der Waals surface area contributed by atoms with Crippen LogP contribution in [0.25, 0.3) is 0 Å². The highest BCUT2D eigenvalue weighted by molar-refractivity contribution is 5.03. The third kappa shape index (κ3) is 2.91. The molecule has 0 radical (unpaired) electrons. The third-order valence-corrected chi connectivity index (χ3v) is 3.99. The predicted octanol–water partition coefficient (Wildman–Crippen LogP) is 2.38. The molecule has 0 amide bonds. The van der Waals surface area contributed by atoms with Gasteiger partial charge in [0.25, 0.3) is 0 Å². The van der Waals surface area contributed by atoms with Gasteiger partial charge in [-0.15, -0.1) is 0 Å². The van der Waals surface area contributed by atoms with Crippen LogP contribution in [-0.4, -0.2) is 20.3 Å². The largest absolute Gasteiger partial charge is 0.325 e. The molecule has 4 nitrogen and oxygen atoms in total. The van der Waals surface area contributed by atoms with Crippen molar-refractivity contribution in [1.29, 1.82) is 0 Å². The van der Waals surface area contributed by atoms with Gasteiger partial charge in [0.15, 0.2) is 0 Å². The molecular formula is C14H26N4. The fourth-order valence-corrected chi connectivity index (χ4v) is 3.95. The zero-order valence-electron chi connectivity index (χ0n) is 12.1. The van der Waals surface area contributed by atoms with Crippen LogP contribution in [0.3, 0.4) is 0 Å². The molecule has 0 bridgehead atoms. The fraction of sp³-hybridized carbons (Fsp3) is 0.857. The number of hydrogen-bond acceptors (Lipinski definition) is 3. The normalized spacial score (nSPS) is 31.5. The minimum atomic E-state index is -0.124. The van der Waals surface area contributed by atoms with Crippen LogP contribution in [0.5, 0.6) is 0 Å². The van der Waals surface area contributed by atoms with Crippen molar-refractivity contribution < 1.29 is 0 Å². The minimum absolute atomic E-state index is 0.124. The van der Waals surface area contributed by atoms with E-state index in [2.05, 4.69) is 37.8 Å². The second-order valence-electron chi connectivity index (χ2n) is 6.89. The lowest BCUT2D eigenvalue weighted by molar-refractivity contribution is 0.106. The number of nitrogens with two attached hydrogens (primary N) is 1. The fourth-order valence-electron chi connectivity index (χ4n) is 3.95. The molecule has 1 aromatic rings. The Morgan fingerprint density at radius 1 is 1.44 bits per heavy atom. The summed E-state index contributed by atoms with van der Waals surface area (Å²) in [5.41, 5.74) is 6.87. The molecule has 1 fully saturated rings. The third-order valence-electron chi connectivity index (χ3n) is 3.99. The topological polar surface area (TPSA) is 56.7 Å². The number of hydrogen-bond donors (Lipinski definition) is 1. The van der Waals surface area contributed by atoms with Crippen LogP contribution in [0.4, 0.5) is 0 Å². The number of aryl methyl sites for hydroxylation is 1. The summed E-state index contributed by atoms with van der Waals surface area (Å²) in [6.45, 7) is 9.93. The van der Waals surface area contributed by atoms with Gasteiger partial charge in [-0.05, 0) is 37.5 Å². The van der Waals surface area contributed by atoms with Crippen LogP contribution < -0.4 is 5.73 Å². The van der Waals surface area contributed by atoms with Crippen molar-refractivity contribution in [3.8, 4) is 0 Å².